The molecule has 0 aromatic carbocycles. The van der Waals surface area contributed by atoms with Crippen molar-refractivity contribution in [1.29, 1.82) is 0 Å². The largest absolute Gasteiger partial charge is 0.395 e. The van der Waals surface area contributed by atoms with Gasteiger partial charge in [-0.2, -0.15) is 5.10 Å². The number of aromatic amines is 1. The van der Waals surface area contributed by atoms with Crippen molar-refractivity contribution in [1.82, 2.24) is 15.1 Å². The zero-order chi connectivity index (χ0) is 14.0. The minimum Gasteiger partial charge on any atom is -0.395 e. The smallest absolute Gasteiger partial charge is 0.276 e. The summed E-state index contributed by atoms with van der Waals surface area (Å²) in [6.07, 6.45) is 4.62. The molecule has 0 spiro atoms. The number of nitrogens with two attached hydrogens (primary N) is 1. The Kier molecular flexibility index (Phi) is 4.12. The van der Waals surface area contributed by atoms with E-state index in [0.717, 1.165) is 18.5 Å². The highest BCUT2D eigenvalue weighted by atomic mass is 16.2. The van der Waals surface area contributed by atoms with Gasteiger partial charge in [-0.3, -0.25) is 9.89 Å². The third-order valence-electron chi connectivity index (χ3n) is 3.98. The lowest BCUT2D eigenvalue weighted by Gasteiger charge is -2.27. The molecule has 1 aromatic heterocycles. The molecule has 5 heteroatoms. The Morgan fingerprint density at radius 1 is 1.47 bits per heavy atom. The van der Waals surface area contributed by atoms with Gasteiger partial charge in [-0.25, -0.2) is 0 Å². The van der Waals surface area contributed by atoms with Gasteiger partial charge in [0.1, 0.15) is 0 Å². The number of hydrogen-bond donors (Lipinski definition) is 2. The summed E-state index contributed by atoms with van der Waals surface area (Å²) in [5.74, 6) is 0.214. The third-order valence-corrected chi connectivity index (χ3v) is 3.98. The fourth-order valence-electron chi connectivity index (χ4n) is 2.89. The second-order valence-corrected chi connectivity index (χ2v) is 5.58. The van der Waals surface area contributed by atoms with Crippen LogP contribution >= 0.6 is 0 Å². The summed E-state index contributed by atoms with van der Waals surface area (Å²) in [4.78, 5) is 14.5. The van der Waals surface area contributed by atoms with E-state index in [0.29, 0.717) is 24.0 Å². The normalized spacial score (nSPS) is 16.2. The van der Waals surface area contributed by atoms with E-state index in [2.05, 4.69) is 10.2 Å². The molecule has 2 rings (SSSR count). The van der Waals surface area contributed by atoms with E-state index in [1.807, 2.05) is 25.7 Å². The van der Waals surface area contributed by atoms with E-state index < -0.39 is 0 Å². The minimum absolute atomic E-state index is 0.0324. The van der Waals surface area contributed by atoms with Crippen LogP contribution in [-0.4, -0.2) is 33.6 Å². The second-order valence-electron chi connectivity index (χ2n) is 5.58. The molecule has 1 heterocycles. The van der Waals surface area contributed by atoms with Gasteiger partial charge in [-0.05, 0) is 25.7 Å². The summed E-state index contributed by atoms with van der Waals surface area (Å²) in [5.41, 5.74) is 7.80. The predicted octanol–water partition coefficient (Wildman–Crippen LogP) is 2.52. The number of amides is 1. The van der Waals surface area contributed by atoms with E-state index in [4.69, 9.17) is 5.73 Å². The molecule has 0 bridgehead atoms. The molecule has 0 saturated heterocycles. The highest BCUT2D eigenvalue weighted by molar-refractivity contribution is 5.97. The van der Waals surface area contributed by atoms with Crippen LogP contribution < -0.4 is 5.73 Å². The zero-order valence-corrected chi connectivity index (χ0v) is 12.1. The molecule has 3 N–H and O–H groups in total. The lowest BCUT2D eigenvalue weighted by molar-refractivity contribution is 0.0688. The number of nitrogens with one attached hydrogen (secondary N) is 1. The standard InChI is InChI=1S/C14H24N4O/c1-4-18(10-7-5-6-8-10)14(19)13-11(15)12(9(2)3)16-17-13/h9-10H,4-8,15H2,1-3H3,(H,16,17). The molecule has 106 valence electrons. The van der Waals surface area contributed by atoms with Crippen molar-refractivity contribution in [3.8, 4) is 0 Å². The summed E-state index contributed by atoms with van der Waals surface area (Å²) in [7, 11) is 0. The molecular weight excluding hydrogens is 240 g/mol. The fraction of sp³-hybridized carbons (Fsp3) is 0.714. The summed E-state index contributed by atoms with van der Waals surface area (Å²) < 4.78 is 0. The number of nitrogens with zero attached hydrogens (tertiary/aromatic N) is 2. The lowest BCUT2D eigenvalue weighted by atomic mass is 10.1. The van der Waals surface area contributed by atoms with E-state index in [1.54, 1.807) is 0 Å². The monoisotopic (exact) mass is 264 g/mol. The van der Waals surface area contributed by atoms with E-state index >= 15 is 0 Å². The van der Waals surface area contributed by atoms with Crippen molar-refractivity contribution >= 4 is 11.6 Å². The third kappa shape index (κ3) is 2.60. The molecule has 0 unspecified atom stereocenters. The van der Waals surface area contributed by atoms with Crippen molar-refractivity contribution in [3.05, 3.63) is 11.4 Å². The van der Waals surface area contributed by atoms with Gasteiger partial charge in [0.05, 0.1) is 11.4 Å². The average molecular weight is 264 g/mol. The Morgan fingerprint density at radius 2 is 2.11 bits per heavy atom. The van der Waals surface area contributed by atoms with Gasteiger partial charge in [0, 0.05) is 12.6 Å². The quantitative estimate of drug-likeness (QED) is 0.877. The summed E-state index contributed by atoms with van der Waals surface area (Å²) >= 11 is 0. The second kappa shape index (κ2) is 5.63. The molecule has 19 heavy (non-hydrogen) atoms. The van der Waals surface area contributed by atoms with Gasteiger partial charge < -0.3 is 10.6 Å². The first-order chi connectivity index (χ1) is 9.06. The van der Waals surface area contributed by atoms with E-state index in [9.17, 15) is 4.79 Å². The number of carbonyl (C=O) groups excluding carboxylic acids is 1. The Labute approximate surface area is 114 Å². The van der Waals surface area contributed by atoms with Crippen molar-refractivity contribution < 1.29 is 4.79 Å². The number of rotatable bonds is 4. The van der Waals surface area contributed by atoms with Crippen LogP contribution in [0.2, 0.25) is 0 Å². The average Bonchev–Trinajstić information content (AvgIpc) is 2.99. The number of carbonyl (C=O) groups is 1. The first-order valence-corrected chi connectivity index (χ1v) is 7.21. The van der Waals surface area contributed by atoms with Crippen LogP contribution in [0.3, 0.4) is 0 Å². The molecule has 1 fully saturated rings. The number of hydrogen-bond acceptors (Lipinski definition) is 3. The van der Waals surface area contributed by atoms with Crippen LogP contribution in [0.1, 0.15) is 68.6 Å². The van der Waals surface area contributed by atoms with Crippen LogP contribution in [0.5, 0.6) is 0 Å². The molecule has 0 radical (unpaired) electrons. The zero-order valence-electron chi connectivity index (χ0n) is 12.1. The van der Waals surface area contributed by atoms with Crippen molar-refractivity contribution in [2.75, 3.05) is 12.3 Å². The molecule has 1 saturated carbocycles. The Balaban J connectivity index is 2.22. The first kappa shape index (κ1) is 13.9. The van der Waals surface area contributed by atoms with Crippen LogP contribution in [0.15, 0.2) is 0 Å². The molecule has 1 aliphatic rings. The predicted molar refractivity (Wildman–Crippen MR) is 76.1 cm³/mol. The molecule has 1 amide bonds. The van der Waals surface area contributed by atoms with Crippen LogP contribution in [0, 0.1) is 0 Å². The maximum Gasteiger partial charge on any atom is 0.276 e. The van der Waals surface area contributed by atoms with Gasteiger partial charge in [0.25, 0.3) is 5.91 Å². The maximum atomic E-state index is 12.6. The van der Waals surface area contributed by atoms with Crippen LogP contribution in [0.4, 0.5) is 5.69 Å². The molecule has 0 aliphatic heterocycles. The van der Waals surface area contributed by atoms with E-state index in [1.165, 1.54) is 12.8 Å². The molecule has 0 atom stereocenters. The molecular formula is C14H24N4O. The topological polar surface area (TPSA) is 75.0 Å². The number of H-pyrrole nitrogens is 1. The summed E-state index contributed by atoms with van der Waals surface area (Å²) in [5, 5.41) is 7.04. The molecule has 1 aliphatic carbocycles. The van der Waals surface area contributed by atoms with Gasteiger partial charge in [-0.1, -0.05) is 26.7 Å². The van der Waals surface area contributed by atoms with Crippen molar-refractivity contribution in [2.24, 2.45) is 0 Å². The Bertz CT molecular complexity index is 446. The number of nitrogen functional groups attached to an aromatic ring is 1. The first-order valence-electron chi connectivity index (χ1n) is 7.21. The Morgan fingerprint density at radius 3 is 2.58 bits per heavy atom. The fourth-order valence-corrected chi connectivity index (χ4v) is 2.89. The highest BCUT2D eigenvalue weighted by Gasteiger charge is 2.29. The van der Waals surface area contributed by atoms with Gasteiger partial charge in [-0.15, -0.1) is 0 Å². The molecule has 1 aromatic rings. The molecule has 5 nitrogen and oxygen atoms in total. The van der Waals surface area contributed by atoms with Gasteiger partial charge in [0.2, 0.25) is 0 Å². The lowest BCUT2D eigenvalue weighted by Crippen LogP contribution is -2.39. The van der Waals surface area contributed by atoms with Gasteiger partial charge in [0.15, 0.2) is 5.69 Å². The number of aromatic nitrogens is 2. The van der Waals surface area contributed by atoms with E-state index in [-0.39, 0.29) is 11.8 Å². The Hall–Kier alpha value is -1.52. The summed E-state index contributed by atoms with van der Waals surface area (Å²) in [6, 6.07) is 0.357. The highest BCUT2D eigenvalue weighted by Crippen LogP contribution is 2.27. The van der Waals surface area contributed by atoms with Crippen LogP contribution in [0.25, 0.3) is 0 Å². The van der Waals surface area contributed by atoms with Crippen molar-refractivity contribution in [2.45, 2.75) is 58.4 Å². The number of anilines is 1. The van der Waals surface area contributed by atoms with Crippen LogP contribution in [-0.2, 0) is 0 Å². The SMILES string of the molecule is CCN(C(=O)c1n[nH]c(C(C)C)c1N)C1CCCC1. The van der Waals surface area contributed by atoms with Gasteiger partial charge >= 0.3 is 0 Å². The minimum atomic E-state index is -0.0324. The van der Waals surface area contributed by atoms with Crippen molar-refractivity contribution in [3.63, 3.8) is 0 Å². The summed E-state index contributed by atoms with van der Waals surface area (Å²) in [6.45, 7) is 6.80. The maximum absolute atomic E-state index is 12.6.